The molecular weight excluding hydrogens is 360 g/mol. The van der Waals surface area contributed by atoms with Crippen molar-refractivity contribution < 1.29 is 14.3 Å². The van der Waals surface area contributed by atoms with Gasteiger partial charge in [-0.1, -0.05) is 24.6 Å². The maximum Gasteiger partial charge on any atom is 0.236 e. The van der Waals surface area contributed by atoms with E-state index in [-0.39, 0.29) is 34.4 Å². The van der Waals surface area contributed by atoms with Gasteiger partial charge in [-0.2, -0.15) is 0 Å². The molecule has 0 aromatic heterocycles. The topological polar surface area (TPSA) is 49.9 Å². The fraction of sp³-hybridized carbons (Fsp3) is 0.619. The van der Waals surface area contributed by atoms with Gasteiger partial charge in [0.25, 0.3) is 0 Å². The first kappa shape index (κ1) is 20.1. The normalized spacial score (nSPS) is 22.9. The second-order valence-corrected chi connectivity index (χ2v) is 9.08. The Morgan fingerprint density at radius 1 is 1.33 bits per heavy atom. The molecule has 6 heteroatoms. The molecule has 27 heavy (non-hydrogen) atoms. The molecule has 1 saturated carbocycles. The third-order valence-corrected chi connectivity index (χ3v) is 6.97. The molecule has 1 saturated heterocycles. The van der Waals surface area contributed by atoms with Crippen LogP contribution in [0.25, 0.3) is 0 Å². The lowest BCUT2D eigenvalue weighted by Crippen LogP contribution is -2.47. The number of benzene rings is 1. The lowest BCUT2D eigenvalue weighted by molar-refractivity contribution is -0.141. The van der Waals surface area contributed by atoms with Crippen LogP contribution < -0.4 is 4.74 Å². The molecule has 5 nitrogen and oxygen atoms in total. The summed E-state index contributed by atoms with van der Waals surface area (Å²) in [5.41, 5.74) is 1.02. The summed E-state index contributed by atoms with van der Waals surface area (Å²) < 4.78 is 5.52. The Morgan fingerprint density at radius 3 is 2.63 bits per heavy atom. The molecule has 0 spiro atoms. The Kier molecular flexibility index (Phi) is 6.35. The molecule has 2 amide bonds. The van der Waals surface area contributed by atoms with Gasteiger partial charge in [-0.15, -0.1) is 11.8 Å². The van der Waals surface area contributed by atoms with Crippen LogP contribution in [0.15, 0.2) is 24.3 Å². The molecule has 148 valence electrons. The minimum Gasteiger partial charge on any atom is -0.496 e. The molecule has 1 aliphatic carbocycles. The Labute approximate surface area is 166 Å². The largest absolute Gasteiger partial charge is 0.496 e. The van der Waals surface area contributed by atoms with Gasteiger partial charge in [0.05, 0.1) is 12.4 Å². The lowest BCUT2D eigenvalue weighted by Gasteiger charge is -2.36. The molecule has 0 unspecified atom stereocenters. The van der Waals surface area contributed by atoms with Gasteiger partial charge in [-0.05, 0) is 39.7 Å². The highest BCUT2D eigenvalue weighted by molar-refractivity contribution is 8.01. The van der Waals surface area contributed by atoms with Crippen LogP contribution in [-0.4, -0.2) is 53.1 Å². The van der Waals surface area contributed by atoms with E-state index in [0.29, 0.717) is 13.1 Å². The zero-order chi connectivity index (χ0) is 19.6. The molecule has 2 atom stereocenters. The number of thioether (sulfide) groups is 1. The molecule has 1 heterocycles. The minimum absolute atomic E-state index is 0.0727. The standard InChI is InChI=1S/C21H30N2O3S/c1-14(2)22(20(25)16-8-7-9-16)12-13-23-19(24)15(3)27-21(23)17-10-5-6-11-18(17)26-4/h5-6,10-11,14-16,21H,7-9,12-13H2,1-4H3/t15-,21-/m0/s1. The molecule has 0 N–H and O–H groups in total. The summed E-state index contributed by atoms with van der Waals surface area (Å²) in [6.07, 6.45) is 3.15. The van der Waals surface area contributed by atoms with Gasteiger partial charge in [0.15, 0.2) is 0 Å². The summed E-state index contributed by atoms with van der Waals surface area (Å²) in [5.74, 6) is 1.36. The number of nitrogens with zero attached hydrogens (tertiary/aromatic N) is 2. The fourth-order valence-electron chi connectivity index (χ4n) is 3.74. The first-order valence-electron chi connectivity index (χ1n) is 9.83. The van der Waals surface area contributed by atoms with Gasteiger partial charge in [-0.25, -0.2) is 0 Å². The Hall–Kier alpha value is -1.69. The van der Waals surface area contributed by atoms with Crippen LogP contribution in [0.4, 0.5) is 0 Å². The molecule has 1 aromatic rings. The van der Waals surface area contributed by atoms with E-state index >= 15 is 0 Å². The molecule has 1 aliphatic heterocycles. The SMILES string of the molecule is COc1ccccc1[C@@H]1S[C@@H](C)C(=O)N1CCN(C(=O)C1CCC1)C(C)C. The van der Waals surface area contributed by atoms with E-state index in [4.69, 9.17) is 4.74 Å². The summed E-state index contributed by atoms with van der Waals surface area (Å²) in [5, 5.41) is -0.161. The van der Waals surface area contributed by atoms with E-state index in [2.05, 4.69) is 13.8 Å². The number of methoxy groups -OCH3 is 1. The zero-order valence-electron chi connectivity index (χ0n) is 16.7. The van der Waals surface area contributed by atoms with Gasteiger partial charge >= 0.3 is 0 Å². The summed E-state index contributed by atoms with van der Waals surface area (Å²) in [6, 6.07) is 8.02. The number of hydrogen-bond donors (Lipinski definition) is 0. The number of carbonyl (C=O) groups excluding carboxylic acids is 2. The molecular formula is C21H30N2O3S. The first-order chi connectivity index (χ1) is 12.9. The average Bonchev–Trinajstić information content (AvgIpc) is 2.88. The predicted octanol–water partition coefficient (Wildman–Crippen LogP) is 3.69. The zero-order valence-corrected chi connectivity index (χ0v) is 17.5. The van der Waals surface area contributed by atoms with Gasteiger partial charge in [0.2, 0.25) is 11.8 Å². The molecule has 3 rings (SSSR count). The molecule has 2 fully saturated rings. The second-order valence-electron chi connectivity index (χ2n) is 7.66. The Bertz CT molecular complexity index is 690. The van der Waals surface area contributed by atoms with Gasteiger partial charge in [-0.3, -0.25) is 9.59 Å². The van der Waals surface area contributed by atoms with E-state index in [1.54, 1.807) is 18.9 Å². The first-order valence-corrected chi connectivity index (χ1v) is 10.8. The quantitative estimate of drug-likeness (QED) is 0.712. The number of carbonyl (C=O) groups is 2. The molecule has 2 aliphatic rings. The van der Waals surface area contributed by atoms with Crippen molar-refractivity contribution in [3.05, 3.63) is 29.8 Å². The van der Waals surface area contributed by atoms with Crippen LogP contribution in [0, 0.1) is 5.92 Å². The lowest BCUT2D eigenvalue weighted by atomic mass is 9.84. The van der Waals surface area contributed by atoms with Gasteiger partial charge in [0.1, 0.15) is 11.1 Å². The fourth-order valence-corrected chi connectivity index (χ4v) is 5.08. The maximum atomic E-state index is 12.8. The second kappa shape index (κ2) is 8.55. The van der Waals surface area contributed by atoms with Crippen molar-refractivity contribution >= 4 is 23.6 Å². The highest BCUT2D eigenvalue weighted by Crippen LogP contribution is 2.45. The van der Waals surface area contributed by atoms with Crippen LogP contribution in [-0.2, 0) is 9.59 Å². The van der Waals surface area contributed by atoms with E-state index in [9.17, 15) is 9.59 Å². The summed E-state index contributed by atoms with van der Waals surface area (Å²) >= 11 is 1.65. The number of hydrogen-bond acceptors (Lipinski definition) is 4. The van der Waals surface area contributed by atoms with E-state index in [0.717, 1.165) is 30.6 Å². The summed E-state index contributed by atoms with van der Waals surface area (Å²) in [6.45, 7) is 7.19. The third kappa shape index (κ3) is 4.10. The van der Waals surface area contributed by atoms with Crippen LogP contribution in [0.3, 0.4) is 0 Å². The van der Waals surface area contributed by atoms with Crippen molar-refractivity contribution in [1.29, 1.82) is 0 Å². The van der Waals surface area contributed by atoms with Crippen molar-refractivity contribution in [2.75, 3.05) is 20.2 Å². The monoisotopic (exact) mass is 390 g/mol. The van der Waals surface area contributed by atoms with Gasteiger partial charge in [0, 0.05) is 30.6 Å². The van der Waals surface area contributed by atoms with Crippen LogP contribution in [0.5, 0.6) is 5.75 Å². The van der Waals surface area contributed by atoms with E-state index < -0.39 is 0 Å². The third-order valence-electron chi connectivity index (χ3n) is 5.59. The van der Waals surface area contributed by atoms with Crippen LogP contribution >= 0.6 is 11.8 Å². The molecule has 0 radical (unpaired) electrons. The highest BCUT2D eigenvalue weighted by Gasteiger charge is 2.40. The van der Waals surface area contributed by atoms with Crippen molar-refractivity contribution in [1.82, 2.24) is 9.80 Å². The van der Waals surface area contributed by atoms with E-state index in [1.807, 2.05) is 41.0 Å². The number of para-hydroxylation sites is 1. The number of amides is 2. The number of ether oxygens (including phenoxy) is 1. The predicted molar refractivity (Wildman–Crippen MR) is 109 cm³/mol. The van der Waals surface area contributed by atoms with Crippen LogP contribution in [0.2, 0.25) is 0 Å². The maximum absolute atomic E-state index is 12.8. The number of rotatable bonds is 7. The van der Waals surface area contributed by atoms with E-state index in [1.165, 1.54) is 0 Å². The minimum atomic E-state index is -0.0882. The smallest absolute Gasteiger partial charge is 0.236 e. The van der Waals surface area contributed by atoms with Crippen LogP contribution in [0.1, 0.15) is 51.0 Å². The Balaban J connectivity index is 1.75. The average molecular weight is 391 g/mol. The van der Waals surface area contributed by atoms with Crippen molar-refractivity contribution in [3.63, 3.8) is 0 Å². The van der Waals surface area contributed by atoms with Gasteiger partial charge < -0.3 is 14.5 Å². The highest BCUT2D eigenvalue weighted by atomic mass is 32.2. The van der Waals surface area contributed by atoms with Crippen molar-refractivity contribution in [2.24, 2.45) is 5.92 Å². The summed E-state index contributed by atoms with van der Waals surface area (Å²) in [7, 11) is 1.66. The van der Waals surface area contributed by atoms with Crippen molar-refractivity contribution in [3.8, 4) is 5.75 Å². The Morgan fingerprint density at radius 2 is 2.04 bits per heavy atom. The van der Waals surface area contributed by atoms with Crippen molar-refractivity contribution in [2.45, 2.75) is 56.7 Å². The summed E-state index contributed by atoms with van der Waals surface area (Å²) in [4.78, 5) is 29.4. The molecule has 1 aromatic carbocycles. The molecule has 0 bridgehead atoms.